The Morgan fingerprint density at radius 1 is 1.26 bits per heavy atom. The summed E-state index contributed by atoms with van der Waals surface area (Å²) >= 11 is 0. The molecular weight excluding hydrogens is 322 g/mol. The Morgan fingerprint density at radius 3 is 2.26 bits per heavy atom. The molecule has 23 heavy (non-hydrogen) atoms. The minimum Gasteiger partial charge on any atom is -0.544 e. The number of aliphatic carboxylic acids is 1. The Hall–Kier alpha value is -1.97. The standard InChI is InChI=1S/C14H21N3O5S/c1-9(2)8-16-12(14(19)20)7-13(18)17-10-3-5-11(6-4-10)23(15,21)22/h3-6,9,12,16H,7-8H2,1-2H3,(H,17,18)(H,19,20)(H2,15,21,22)/t12-/m0/s1. The zero-order valence-corrected chi connectivity index (χ0v) is 13.8. The third kappa shape index (κ3) is 6.76. The van der Waals surface area contributed by atoms with E-state index in [1.165, 1.54) is 24.3 Å². The molecule has 0 radical (unpaired) electrons. The molecular formula is C14H21N3O5S. The molecule has 1 rings (SSSR count). The molecule has 0 fully saturated rings. The molecule has 0 aliphatic rings. The summed E-state index contributed by atoms with van der Waals surface area (Å²) in [5.41, 5.74) is 0.350. The van der Waals surface area contributed by atoms with E-state index in [-0.39, 0.29) is 17.2 Å². The molecule has 0 aromatic heterocycles. The van der Waals surface area contributed by atoms with E-state index < -0.39 is 27.9 Å². The minimum absolute atomic E-state index is 0.0756. The van der Waals surface area contributed by atoms with Crippen LogP contribution in [0.1, 0.15) is 20.3 Å². The summed E-state index contributed by atoms with van der Waals surface area (Å²) in [6, 6.07) is 4.30. The number of sulfonamides is 1. The number of carboxylic acids is 1. The minimum atomic E-state index is -3.80. The predicted molar refractivity (Wildman–Crippen MR) is 81.5 cm³/mol. The van der Waals surface area contributed by atoms with E-state index in [0.29, 0.717) is 12.2 Å². The summed E-state index contributed by atoms with van der Waals surface area (Å²) in [5.74, 6) is -1.52. The highest BCUT2D eigenvalue weighted by atomic mass is 32.2. The van der Waals surface area contributed by atoms with Crippen LogP contribution >= 0.6 is 0 Å². The van der Waals surface area contributed by atoms with Gasteiger partial charge in [0.15, 0.2) is 0 Å². The zero-order chi connectivity index (χ0) is 17.6. The molecule has 0 bridgehead atoms. The summed E-state index contributed by atoms with van der Waals surface area (Å²) in [5, 5.41) is 20.1. The number of amides is 1. The largest absolute Gasteiger partial charge is 0.544 e. The number of anilines is 1. The third-order valence-corrected chi connectivity index (χ3v) is 4.00. The van der Waals surface area contributed by atoms with Crippen LogP contribution in [0.2, 0.25) is 0 Å². The normalized spacial score (nSPS) is 12.9. The smallest absolute Gasteiger partial charge is 0.238 e. The fraction of sp³-hybridized carbons (Fsp3) is 0.429. The number of hydrogen-bond donors (Lipinski definition) is 3. The van der Waals surface area contributed by atoms with Gasteiger partial charge in [-0.15, -0.1) is 0 Å². The van der Waals surface area contributed by atoms with Crippen molar-refractivity contribution in [3.05, 3.63) is 24.3 Å². The van der Waals surface area contributed by atoms with Crippen LogP contribution in [0.25, 0.3) is 0 Å². The van der Waals surface area contributed by atoms with Crippen LogP contribution in [0.3, 0.4) is 0 Å². The van der Waals surface area contributed by atoms with Gasteiger partial charge in [0, 0.05) is 11.6 Å². The van der Waals surface area contributed by atoms with Crippen molar-refractivity contribution in [3.8, 4) is 0 Å². The second-order valence-electron chi connectivity index (χ2n) is 5.61. The van der Waals surface area contributed by atoms with Gasteiger partial charge >= 0.3 is 0 Å². The Balaban J connectivity index is 2.65. The van der Waals surface area contributed by atoms with Crippen LogP contribution in [0.4, 0.5) is 5.69 Å². The fourth-order valence-corrected chi connectivity index (χ4v) is 2.35. The lowest BCUT2D eigenvalue weighted by atomic mass is 10.1. The molecule has 0 aliphatic heterocycles. The number of primary sulfonamides is 1. The maximum absolute atomic E-state index is 11.9. The molecule has 1 aromatic rings. The number of nitrogens with one attached hydrogen (secondary N) is 1. The quantitative estimate of drug-likeness (QED) is 0.500. The second kappa shape index (κ2) is 8.04. The van der Waals surface area contributed by atoms with Crippen molar-refractivity contribution in [1.82, 2.24) is 0 Å². The molecule has 0 spiro atoms. The molecule has 0 heterocycles. The van der Waals surface area contributed by atoms with Gasteiger partial charge in [-0.3, -0.25) is 4.79 Å². The fourth-order valence-electron chi connectivity index (χ4n) is 1.84. The van der Waals surface area contributed by atoms with E-state index in [1.807, 2.05) is 13.8 Å². The lowest BCUT2D eigenvalue weighted by molar-refractivity contribution is -0.686. The van der Waals surface area contributed by atoms with Gasteiger partial charge in [0.1, 0.15) is 6.04 Å². The topological polar surface area (TPSA) is 146 Å². The number of benzene rings is 1. The lowest BCUT2D eigenvalue weighted by Crippen LogP contribution is -2.94. The van der Waals surface area contributed by atoms with Crippen LogP contribution in [-0.4, -0.2) is 32.9 Å². The number of carbonyl (C=O) groups excluding carboxylic acids is 2. The van der Waals surface area contributed by atoms with Crippen molar-refractivity contribution in [2.24, 2.45) is 11.1 Å². The first-order valence-electron chi connectivity index (χ1n) is 7.06. The first-order valence-corrected chi connectivity index (χ1v) is 8.61. The molecule has 0 saturated heterocycles. The van der Waals surface area contributed by atoms with Crippen molar-refractivity contribution >= 4 is 27.6 Å². The second-order valence-corrected chi connectivity index (χ2v) is 7.17. The highest BCUT2D eigenvalue weighted by molar-refractivity contribution is 7.89. The number of hydrogen-bond acceptors (Lipinski definition) is 5. The number of quaternary nitrogens is 1. The summed E-state index contributed by atoms with van der Waals surface area (Å²) < 4.78 is 22.3. The van der Waals surface area contributed by atoms with Crippen LogP contribution in [0, 0.1) is 5.92 Å². The number of nitrogens with two attached hydrogens (primary N) is 2. The molecule has 0 unspecified atom stereocenters. The van der Waals surface area contributed by atoms with Gasteiger partial charge in [-0.2, -0.15) is 0 Å². The van der Waals surface area contributed by atoms with Crippen molar-refractivity contribution < 1.29 is 28.4 Å². The van der Waals surface area contributed by atoms with Crippen LogP contribution in [0.5, 0.6) is 0 Å². The Labute approximate surface area is 135 Å². The van der Waals surface area contributed by atoms with E-state index in [0.717, 1.165) is 0 Å². The molecule has 1 aromatic carbocycles. The summed E-state index contributed by atoms with van der Waals surface area (Å²) in [7, 11) is -3.80. The number of carbonyl (C=O) groups is 2. The van der Waals surface area contributed by atoms with Gasteiger partial charge in [0.05, 0.1) is 23.8 Å². The van der Waals surface area contributed by atoms with Gasteiger partial charge in [-0.05, 0) is 24.3 Å². The maximum Gasteiger partial charge on any atom is 0.238 e. The monoisotopic (exact) mass is 343 g/mol. The summed E-state index contributed by atoms with van der Waals surface area (Å²) in [6.07, 6.45) is -0.244. The molecule has 1 atom stereocenters. The van der Waals surface area contributed by atoms with Crippen molar-refractivity contribution in [3.63, 3.8) is 0 Å². The molecule has 8 nitrogen and oxygen atoms in total. The van der Waals surface area contributed by atoms with E-state index in [4.69, 9.17) is 5.14 Å². The highest BCUT2D eigenvalue weighted by Crippen LogP contribution is 2.13. The first kappa shape index (κ1) is 19.1. The molecule has 128 valence electrons. The average Bonchev–Trinajstić information content (AvgIpc) is 2.42. The highest BCUT2D eigenvalue weighted by Gasteiger charge is 2.19. The molecule has 1 amide bonds. The third-order valence-electron chi connectivity index (χ3n) is 3.07. The SMILES string of the molecule is CC(C)C[NH2+][C@@H](CC(=O)Nc1ccc(S(N)(=O)=O)cc1)C(=O)[O-]. The van der Waals surface area contributed by atoms with Gasteiger partial charge in [0.25, 0.3) is 0 Å². The zero-order valence-electron chi connectivity index (χ0n) is 13.0. The summed E-state index contributed by atoms with van der Waals surface area (Å²) in [4.78, 5) is 22.9. The molecule has 9 heteroatoms. The maximum atomic E-state index is 11.9. The predicted octanol–water partition coefficient (Wildman–Crippen LogP) is -2.00. The number of rotatable bonds is 8. The lowest BCUT2D eigenvalue weighted by Gasteiger charge is -2.17. The first-order chi connectivity index (χ1) is 10.6. The van der Waals surface area contributed by atoms with E-state index in [1.54, 1.807) is 5.32 Å². The van der Waals surface area contributed by atoms with Gasteiger partial charge in [-0.1, -0.05) is 13.8 Å². The molecule has 5 N–H and O–H groups in total. The van der Waals surface area contributed by atoms with Crippen molar-refractivity contribution in [1.29, 1.82) is 0 Å². The summed E-state index contributed by atoms with van der Waals surface area (Å²) in [6.45, 7) is 4.45. The van der Waals surface area contributed by atoms with Gasteiger partial charge in [-0.25, -0.2) is 13.6 Å². The van der Waals surface area contributed by atoms with Gasteiger partial charge < -0.3 is 20.5 Å². The van der Waals surface area contributed by atoms with Crippen LogP contribution in [0.15, 0.2) is 29.2 Å². The van der Waals surface area contributed by atoms with Crippen molar-refractivity contribution in [2.75, 3.05) is 11.9 Å². The number of carboxylic acid groups (broad SMARTS) is 1. The average molecular weight is 343 g/mol. The van der Waals surface area contributed by atoms with E-state index in [9.17, 15) is 23.1 Å². The molecule has 0 saturated carbocycles. The van der Waals surface area contributed by atoms with Gasteiger partial charge in [0.2, 0.25) is 15.9 Å². The van der Waals surface area contributed by atoms with Crippen molar-refractivity contribution in [2.45, 2.75) is 31.2 Å². The van der Waals surface area contributed by atoms with E-state index >= 15 is 0 Å². The Kier molecular flexibility index (Phi) is 6.67. The Bertz CT molecular complexity index is 655. The van der Waals surface area contributed by atoms with E-state index in [2.05, 4.69) is 5.32 Å². The Morgan fingerprint density at radius 2 is 1.83 bits per heavy atom. The van der Waals surface area contributed by atoms with Crippen LogP contribution < -0.4 is 20.9 Å². The molecule has 0 aliphatic carbocycles. The van der Waals surface area contributed by atoms with Crippen LogP contribution in [-0.2, 0) is 19.6 Å².